The van der Waals surface area contributed by atoms with Crippen molar-refractivity contribution in [2.45, 2.75) is 25.9 Å². The van der Waals surface area contributed by atoms with Crippen molar-refractivity contribution >= 4 is 34.6 Å². The van der Waals surface area contributed by atoms with Crippen molar-refractivity contribution in [1.82, 2.24) is 9.47 Å². The van der Waals surface area contributed by atoms with Crippen molar-refractivity contribution in [1.29, 1.82) is 0 Å². The van der Waals surface area contributed by atoms with Crippen molar-refractivity contribution < 1.29 is 9.53 Å². The molecule has 2 aliphatic heterocycles. The zero-order valence-corrected chi connectivity index (χ0v) is 18.8. The van der Waals surface area contributed by atoms with Gasteiger partial charge in [-0.15, -0.1) is 0 Å². The number of hydrogen-bond donors (Lipinski definition) is 0. The predicted molar refractivity (Wildman–Crippen MR) is 130 cm³/mol. The van der Waals surface area contributed by atoms with Crippen LogP contribution in [-0.4, -0.2) is 39.8 Å². The molecular weight excluding hydrogens is 418 g/mol. The fourth-order valence-electron chi connectivity index (χ4n) is 4.05. The number of carbonyl (C=O) groups is 1. The number of ether oxygens (including phenoxy) is 1. The zero-order valence-electron chi connectivity index (χ0n) is 18.0. The van der Waals surface area contributed by atoms with Crippen LogP contribution in [-0.2, 0) is 9.53 Å². The monoisotopic (exact) mass is 443 g/mol. The summed E-state index contributed by atoms with van der Waals surface area (Å²) in [7, 11) is 0. The van der Waals surface area contributed by atoms with Crippen molar-refractivity contribution in [3.05, 3.63) is 89.1 Å². The maximum atomic E-state index is 13.4. The molecule has 0 radical (unpaired) electrons. The van der Waals surface area contributed by atoms with Gasteiger partial charge >= 0.3 is 0 Å². The molecule has 2 aliphatic rings. The summed E-state index contributed by atoms with van der Waals surface area (Å²) in [5.41, 5.74) is 4.06. The molecule has 0 N–H and O–H groups in total. The number of thioether (sulfide) groups is 1. The predicted octanol–water partition coefficient (Wildman–Crippen LogP) is 5.57. The number of hydrogen-bond acceptors (Lipinski definition) is 4. The van der Waals surface area contributed by atoms with Gasteiger partial charge in [0.15, 0.2) is 5.17 Å². The van der Waals surface area contributed by atoms with E-state index in [2.05, 4.69) is 35.9 Å². The second kappa shape index (κ2) is 9.18. The number of aryl methyl sites for hydroxylation is 1. The van der Waals surface area contributed by atoms with E-state index in [0.29, 0.717) is 16.6 Å². The summed E-state index contributed by atoms with van der Waals surface area (Å²) in [6, 6.07) is 22.1. The third-order valence-electron chi connectivity index (χ3n) is 5.65. The highest BCUT2D eigenvalue weighted by Crippen LogP contribution is 2.35. The van der Waals surface area contributed by atoms with Crippen LogP contribution >= 0.6 is 11.8 Å². The van der Waals surface area contributed by atoms with Crippen LogP contribution in [0.25, 0.3) is 11.8 Å². The summed E-state index contributed by atoms with van der Waals surface area (Å²) < 4.78 is 7.94. The van der Waals surface area contributed by atoms with E-state index in [1.807, 2.05) is 54.6 Å². The first-order chi connectivity index (χ1) is 15.7. The van der Waals surface area contributed by atoms with E-state index in [4.69, 9.17) is 9.73 Å². The lowest BCUT2D eigenvalue weighted by Gasteiger charge is -2.19. The van der Waals surface area contributed by atoms with E-state index in [1.165, 1.54) is 11.8 Å². The molecule has 5 nitrogen and oxygen atoms in total. The van der Waals surface area contributed by atoms with Crippen LogP contribution in [0.15, 0.2) is 82.8 Å². The third-order valence-corrected chi connectivity index (χ3v) is 6.65. The highest BCUT2D eigenvalue weighted by atomic mass is 32.2. The van der Waals surface area contributed by atoms with Gasteiger partial charge in [0.25, 0.3) is 5.91 Å². The van der Waals surface area contributed by atoms with Gasteiger partial charge in [-0.2, -0.15) is 0 Å². The standard InChI is InChI=1S/C26H25N3O2S/c1-19-15-20(17-28(19)22-11-6-3-7-12-22)16-24-25(30)29(18-23-13-8-14-31-23)26(32-24)27-21-9-4-2-5-10-21/h2-7,9-12,15-17,23H,8,13-14,18H2,1H3/b24-16+,27-26?. The summed E-state index contributed by atoms with van der Waals surface area (Å²) in [6.45, 7) is 3.38. The van der Waals surface area contributed by atoms with Crippen LogP contribution in [0.5, 0.6) is 0 Å². The van der Waals surface area contributed by atoms with Gasteiger partial charge in [0, 0.05) is 24.2 Å². The number of aliphatic imine (C=N–C) groups is 1. The average Bonchev–Trinajstić information content (AvgIpc) is 3.52. The van der Waals surface area contributed by atoms with Gasteiger partial charge in [-0.3, -0.25) is 9.69 Å². The van der Waals surface area contributed by atoms with Crippen LogP contribution in [0.4, 0.5) is 5.69 Å². The van der Waals surface area contributed by atoms with Gasteiger partial charge in [0.2, 0.25) is 0 Å². The highest BCUT2D eigenvalue weighted by molar-refractivity contribution is 8.18. The summed E-state index contributed by atoms with van der Waals surface area (Å²) in [6.07, 6.45) is 6.13. The summed E-state index contributed by atoms with van der Waals surface area (Å²) in [5.74, 6) is -0.00899. The van der Waals surface area contributed by atoms with Crippen LogP contribution in [0.2, 0.25) is 0 Å². The Labute approximate surface area is 192 Å². The Balaban J connectivity index is 1.46. The number of nitrogens with zero attached hydrogens (tertiary/aromatic N) is 3. The van der Waals surface area contributed by atoms with E-state index < -0.39 is 0 Å². The molecule has 3 aromatic rings. The van der Waals surface area contributed by atoms with E-state index in [-0.39, 0.29) is 12.0 Å². The molecule has 0 aliphatic carbocycles. The summed E-state index contributed by atoms with van der Waals surface area (Å²) >= 11 is 1.43. The normalized spacial score (nSPS) is 21.2. The topological polar surface area (TPSA) is 46.8 Å². The molecule has 3 heterocycles. The number of rotatable bonds is 5. The number of aromatic nitrogens is 1. The zero-order chi connectivity index (χ0) is 21.9. The first-order valence-electron chi connectivity index (χ1n) is 10.9. The van der Waals surface area contributed by atoms with E-state index in [1.54, 1.807) is 4.90 Å². The second-order valence-electron chi connectivity index (χ2n) is 8.01. The summed E-state index contributed by atoms with van der Waals surface area (Å²) in [5, 5.41) is 0.710. The minimum atomic E-state index is -0.00899. The molecule has 0 bridgehead atoms. The molecule has 1 atom stereocenters. The SMILES string of the molecule is Cc1cc(/C=C2/SC(=Nc3ccccc3)N(CC3CCCO3)C2=O)cn1-c1ccccc1. The van der Waals surface area contributed by atoms with Crippen molar-refractivity contribution in [3.63, 3.8) is 0 Å². The Morgan fingerprint density at radius 3 is 2.59 bits per heavy atom. The molecule has 2 aromatic carbocycles. The van der Waals surface area contributed by atoms with Crippen molar-refractivity contribution in [2.24, 2.45) is 4.99 Å². The highest BCUT2D eigenvalue weighted by Gasteiger charge is 2.36. The maximum absolute atomic E-state index is 13.4. The minimum Gasteiger partial charge on any atom is -0.376 e. The maximum Gasteiger partial charge on any atom is 0.266 e. The lowest BCUT2D eigenvalue weighted by atomic mass is 10.2. The Bertz CT molecular complexity index is 1160. The quantitative estimate of drug-likeness (QED) is 0.485. The smallest absolute Gasteiger partial charge is 0.266 e. The fraction of sp³-hybridized carbons (Fsp3) is 0.231. The van der Waals surface area contributed by atoms with Gasteiger partial charge in [0.05, 0.1) is 23.2 Å². The second-order valence-corrected chi connectivity index (χ2v) is 9.02. The van der Waals surface area contributed by atoms with Gasteiger partial charge in [-0.25, -0.2) is 4.99 Å². The lowest BCUT2D eigenvalue weighted by molar-refractivity contribution is -0.123. The largest absolute Gasteiger partial charge is 0.376 e. The minimum absolute atomic E-state index is 0.00899. The molecule has 5 rings (SSSR count). The third kappa shape index (κ3) is 4.42. The molecule has 0 spiro atoms. The number of amidine groups is 1. The molecule has 1 unspecified atom stereocenters. The molecule has 1 aromatic heterocycles. The average molecular weight is 444 g/mol. The molecular formula is C26H25N3O2S. The molecule has 162 valence electrons. The van der Waals surface area contributed by atoms with Crippen LogP contribution < -0.4 is 0 Å². The summed E-state index contributed by atoms with van der Waals surface area (Å²) in [4.78, 5) is 20.6. The van der Waals surface area contributed by atoms with Gasteiger partial charge in [0.1, 0.15) is 0 Å². The molecule has 2 fully saturated rings. The first-order valence-corrected chi connectivity index (χ1v) is 11.7. The van der Waals surface area contributed by atoms with Crippen LogP contribution in [0.1, 0.15) is 24.1 Å². The molecule has 6 heteroatoms. The Morgan fingerprint density at radius 1 is 1.12 bits per heavy atom. The van der Waals surface area contributed by atoms with E-state index in [0.717, 1.165) is 42.1 Å². The Kier molecular flexibility index (Phi) is 5.97. The van der Waals surface area contributed by atoms with E-state index >= 15 is 0 Å². The number of para-hydroxylation sites is 2. The lowest BCUT2D eigenvalue weighted by Crippen LogP contribution is -2.36. The van der Waals surface area contributed by atoms with Gasteiger partial charge in [-0.05, 0) is 73.5 Å². The van der Waals surface area contributed by atoms with Crippen LogP contribution in [0.3, 0.4) is 0 Å². The molecule has 1 amide bonds. The number of benzene rings is 2. The Morgan fingerprint density at radius 2 is 1.88 bits per heavy atom. The molecule has 2 saturated heterocycles. The van der Waals surface area contributed by atoms with Crippen molar-refractivity contribution in [3.8, 4) is 5.69 Å². The van der Waals surface area contributed by atoms with Gasteiger partial charge < -0.3 is 9.30 Å². The Hall–Kier alpha value is -3.09. The number of amides is 1. The first kappa shape index (κ1) is 20.8. The molecule has 32 heavy (non-hydrogen) atoms. The fourth-order valence-corrected chi connectivity index (χ4v) is 5.06. The number of carbonyl (C=O) groups excluding carboxylic acids is 1. The van der Waals surface area contributed by atoms with Gasteiger partial charge in [-0.1, -0.05) is 36.4 Å². The molecule has 0 saturated carbocycles. The van der Waals surface area contributed by atoms with E-state index in [9.17, 15) is 4.79 Å². The van der Waals surface area contributed by atoms with Crippen molar-refractivity contribution in [2.75, 3.05) is 13.2 Å². The van der Waals surface area contributed by atoms with Crippen LogP contribution in [0, 0.1) is 6.92 Å².